The van der Waals surface area contributed by atoms with Crippen LogP contribution in [0, 0.1) is 13.8 Å². The quantitative estimate of drug-likeness (QED) is 0.677. The monoisotopic (exact) mass is 281 g/mol. The summed E-state index contributed by atoms with van der Waals surface area (Å²) in [7, 11) is 0. The second-order valence-corrected chi connectivity index (χ2v) is 5.69. The predicted molar refractivity (Wildman–Crippen MR) is 82.9 cm³/mol. The van der Waals surface area contributed by atoms with Crippen molar-refractivity contribution in [2.45, 2.75) is 33.7 Å². The summed E-state index contributed by atoms with van der Waals surface area (Å²) in [6.45, 7) is 8.46. The molecule has 2 heterocycles. The van der Waals surface area contributed by atoms with E-state index in [4.69, 9.17) is 0 Å². The van der Waals surface area contributed by atoms with Crippen LogP contribution in [0.2, 0.25) is 0 Å². The highest BCUT2D eigenvalue weighted by atomic mass is 15.3. The lowest BCUT2D eigenvalue weighted by Gasteiger charge is -2.08. The van der Waals surface area contributed by atoms with E-state index >= 15 is 0 Å². The third kappa shape index (κ3) is 2.49. The smallest absolute Gasteiger partial charge is 0.234 e. The van der Waals surface area contributed by atoms with Gasteiger partial charge in [-0.05, 0) is 45.9 Å². The molecule has 0 unspecified atom stereocenters. The topological polar surface area (TPSA) is 26.6 Å². The van der Waals surface area contributed by atoms with Crippen LogP contribution in [0.4, 0.5) is 0 Å². The summed E-state index contributed by atoms with van der Waals surface area (Å²) in [5.41, 5.74) is 4.40. The van der Waals surface area contributed by atoms with Gasteiger partial charge in [-0.1, -0.05) is 12.1 Å². The molecule has 0 amide bonds. The molecule has 0 radical (unpaired) electrons. The molecule has 0 saturated heterocycles. The van der Waals surface area contributed by atoms with Gasteiger partial charge in [0.1, 0.15) is 18.1 Å². The zero-order valence-corrected chi connectivity index (χ0v) is 13.0. The van der Waals surface area contributed by atoms with Crippen molar-refractivity contribution in [2.24, 2.45) is 0 Å². The molecule has 0 fully saturated rings. The molecule has 4 heteroatoms. The van der Waals surface area contributed by atoms with Gasteiger partial charge in [-0.3, -0.25) is 0 Å². The number of imidazole rings is 1. The number of hydrogen-bond acceptors (Lipinski definition) is 1. The van der Waals surface area contributed by atoms with E-state index in [-0.39, 0.29) is 0 Å². The first-order valence-electron chi connectivity index (χ1n) is 7.28. The van der Waals surface area contributed by atoms with Crippen molar-refractivity contribution in [3.63, 3.8) is 0 Å². The third-order valence-electron chi connectivity index (χ3n) is 3.65. The zero-order valence-electron chi connectivity index (χ0n) is 13.0. The van der Waals surface area contributed by atoms with E-state index in [1.54, 1.807) is 0 Å². The Hall–Kier alpha value is -2.36. The molecule has 0 aliphatic heterocycles. The highest BCUT2D eigenvalue weighted by Crippen LogP contribution is 2.20. The van der Waals surface area contributed by atoms with Gasteiger partial charge in [0, 0.05) is 5.69 Å². The minimum absolute atomic E-state index is 0.451. The number of aryl methyl sites for hydroxylation is 2. The van der Waals surface area contributed by atoms with Crippen molar-refractivity contribution in [1.82, 2.24) is 14.3 Å². The van der Waals surface area contributed by atoms with Crippen molar-refractivity contribution < 1.29 is 4.57 Å². The van der Waals surface area contributed by atoms with Crippen LogP contribution in [-0.4, -0.2) is 14.3 Å². The van der Waals surface area contributed by atoms with Crippen LogP contribution in [0.5, 0.6) is 0 Å². The predicted octanol–water partition coefficient (Wildman–Crippen LogP) is 3.15. The Balaban J connectivity index is 2.13. The first kappa shape index (κ1) is 13.6. The van der Waals surface area contributed by atoms with Gasteiger partial charge in [0.15, 0.2) is 5.69 Å². The van der Waals surface area contributed by atoms with Crippen molar-refractivity contribution in [3.05, 3.63) is 60.4 Å². The van der Waals surface area contributed by atoms with E-state index in [0.717, 1.165) is 22.8 Å². The van der Waals surface area contributed by atoms with Crippen LogP contribution in [-0.2, 0) is 0 Å². The summed E-state index contributed by atoms with van der Waals surface area (Å²) in [5, 5.41) is 4.61. The van der Waals surface area contributed by atoms with Crippen molar-refractivity contribution in [3.8, 4) is 11.4 Å². The molecular weight excluding hydrogens is 260 g/mol. The van der Waals surface area contributed by atoms with Gasteiger partial charge in [-0.2, -0.15) is 5.10 Å². The largest absolute Gasteiger partial charge is 0.249 e. The number of aromatic nitrogens is 4. The molecule has 3 rings (SSSR count). The van der Waals surface area contributed by atoms with E-state index < -0.39 is 0 Å². The first-order valence-corrected chi connectivity index (χ1v) is 7.28. The molecule has 0 atom stereocenters. The molecular formula is C17H21N4+. The van der Waals surface area contributed by atoms with Crippen LogP contribution in [0.25, 0.3) is 11.4 Å². The van der Waals surface area contributed by atoms with Gasteiger partial charge in [0.25, 0.3) is 0 Å². The van der Waals surface area contributed by atoms with Crippen LogP contribution in [0.1, 0.15) is 31.3 Å². The molecule has 1 aromatic carbocycles. The molecule has 4 nitrogen and oxygen atoms in total. The highest BCUT2D eigenvalue weighted by molar-refractivity contribution is 5.52. The molecule has 0 bridgehead atoms. The average molecular weight is 281 g/mol. The second-order valence-electron chi connectivity index (χ2n) is 5.69. The minimum atomic E-state index is 0.451. The van der Waals surface area contributed by atoms with Crippen LogP contribution in [0.3, 0.4) is 0 Å². The van der Waals surface area contributed by atoms with Crippen molar-refractivity contribution in [2.75, 3.05) is 0 Å². The normalized spacial score (nSPS) is 11.3. The van der Waals surface area contributed by atoms with Gasteiger partial charge < -0.3 is 0 Å². The molecule has 0 aliphatic rings. The summed E-state index contributed by atoms with van der Waals surface area (Å²) in [6.07, 6.45) is 6.31. The molecule has 21 heavy (non-hydrogen) atoms. The van der Waals surface area contributed by atoms with Gasteiger partial charge in [0.05, 0.1) is 11.7 Å². The van der Waals surface area contributed by atoms with Crippen LogP contribution >= 0.6 is 0 Å². The number of nitrogens with zero attached hydrogens (tertiary/aromatic N) is 4. The Labute approximate surface area is 125 Å². The maximum atomic E-state index is 4.61. The standard InChI is InChI=1S/C17H21N4/c1-13(2)19-9-10-20(12-19)16-7-5-6-8-17(16)21-15(4)11-14(3)18-21/h5-13H,1-4H3/q+1. The molecule has 0 aliphatic carbocycles. The van der Waals surface area contributed by atoms with E-state index in [1.807, 2.05) is 11.6 Å². The number of para-hydroxylation sites is 2. The van der Waals surface area contributed by atoms with Crippen molar-refractivity contribution >= 4 is 0 Å². The molecule has 108 valence electrons. The molecule has 0 saturated carbocycles. The fourth-order valence-electron chi connectivity index (χ4n) is 2.55. The zero-order chi connectivity index (χ0) is 15.0. The molecule has 0 spiro atoms. The highest BCUT2D eigenvalue weighted by Gasteiger charge is 2.15. The fourth-order valence-corrected chi connectivity index (χ4v) is 2.55. The lowest BCUT2D eigenvalue weighted by molar-refractivity contribution is -0.715. The van der Waals surface area contributed by atoms with Gasteiger partial charge in [-0.25, -0.2) is 13.8 Å². The van der Waals surface area contributed by atoms with Crippen LogP contribution in [0.15, 0.2) is 49.1 Å². The van der Waals surface area contributed by atoms with Gasteiger partial charge in [0.2, 0.25) is 6.33 Å². The summed E-state index contributed by atoms with van der Waals surface area (Å²) >= 11 is 0. The third-order valence-corrected chi connectivity index (χ3v) is 3.65. The lowest BCUT2D eigenvalue weighted by atomic mass is 10.2. The first-order chi connectivity index (χ1) is 10.1. The second kappa shape index (κ2) is 5.20. The number of hydrogen-bond donors (Lipinski definition) is 0. The van der Waals surface area contributed by atoms with E-state index in [0.29, 0.717) is 6.04 Å². The minimum Gasteiger partial charge on any atom is -0.234 e. The van der Waals surface area contributed by atoms with E-state index in [1.165, 1.54) is 0 Å². The average Bonchev–Trinajstić information content (AvgIpc) is 3.05. The lowest BCUT2D eigenvalue weighted by Crippen LogP contribution is -2.33. The Morgan fingerprint density at radius 3 is 2.38 bits per heavy atom. The van der Waals surface area contributed by atoms with Crippen LogP contribution < -0.4 is 4.57 Å². The van der Waals surface area contributed by atoms with E-state index in [9.17, 15) is 0 Å². The number of rotatable bonds is 3. The molecule has 2 aromatic heterocycles. The van der Waals surface area contributed by atoms with Gasteiger partial charge >= 0.3 is 0 Å². The molecule has 0 N–H and O–H groups in total. The number of benzene rings is 1. The summed E-state index contributed by atoms with van der Waals surface area (Å²) in [4.78, 5) is 0. The SMILES string of the molecule is Cc1cc(C)n(-c2ccccc2-n2cc[n+](C(C)C)c2)n1. The Kier molecular flexibility index (Phi) is 3.37. The Bertz CT molecular complexity index is 765. The fraction of sp³-hybridized carbons (Fsp3) is 0.294. The summed E-state index contributed by atoms with van der Waals surface area (Å²) < 4.78 is 6.34. The maximum absolute atomic E-state index is 4.61. The maximum Gasteiger partial charge on any atom is 0.249 e. The summed E-state index contributed by atoms with van der Waals surface area (Å²) in [6, 6.07) is 10.9. The Morgan fingerprint density at radius 1 is 1.10 bits per heavy atom. The van der Waals surface area contributed by atoms with E-state index in [2.05, 4.69) is 84.1 Å². The Morgan fingerprint density at radius 2 is 1.81 bits per heavy atom. The summed E-state index contributed by atoms with van der Waals surface area (Å²) in [5.74, 6) is 0. The molecule has 3 aromatic rings. The van der Waals surface area contributed by atoms with Gasteiger partial charge in [-0.15, -0.1) is 0 Å². The van der Waals surface area contributed by atoms with Crippen molar-refractivity contribution in [1.29, 1.82) is 0 Å².